The van der Waals surface area contributed by atoms with Crippen LogP contribution < -0.4 is 5.73 Å². The van der Waals surface area contributed by atoms with Crippen LogP contribution in [0.15, 0.2) is 23.8 Å². The summed E-state index contributed by atoms with van der Waals surface area (Å²) in [7, 11) is 2.20. The molecule has 0 heterocycles. The van der Waals surface area contributed by atoms with Crippen molar-refractivity contribution in [2.24, 2.45) is 5.73 Å². The van der Waals surface area contributed by atoms with Crippen molar-refractivity contribution in [2.75, 3.05) is 0 Å². The summed E-state index contributed by atoms with van der Waals surface area (Å²) in [6.45, 7) is 2.10. The minimum absolute atomic E-state index is 0.327. The van der Waals surface area contributed by atoms with Crippen LogP contribution in [0, 0.1) is 0 Å². The molecule has 1 unspecified atom stereocenters. The first-order valence-electron chi connectivity index (χ1n) is 4.69. The highest BCUT2D eigenvalue weighted by atomic mass is 14.6. The predicted octanol–water partition coefficient (Wildman–Crippen LogP) is 2.15. The molecule has 1 atom stereocenters. The van der Waals surface area contributed by atoms with Gasteiger partial charge in [-0.1, -0.05) is 36.9 Å². The fourth-order valence-corrected chi connectivity index (χ4v) is 1.43. The zero-order valence-electron chi connectivity index (χ0n) is 7.79. The van der Waals surface area contributed by atoms with Crippen LogP contribution in [-0.2, 0) is 0 Å². The molecule has 0 aromatic heterocycles. The zero-order valence-corrected chi connectivity index (χ0v) is 7.79. The molecule has 1 aliphatic rings. The number of allylic oxidation sites excluding steroid dienone is 2. The Morgan fingerprint density at radius 2 is 2.33 bits per heavy atom. The van der Waals surface area contributed by atoms with Crippen LogP contribution in [0.4, 0.5) is 0 Å². The summed E-state index contributed by atoms with van der Waals surface area (Å²) in [4.78, 5) is 0. The second-order valence-electron chi connectivity index (χ2n) is 3.38. The van der Waals surface area contributed by atoms with E-state index in [1.54, 1.807) is 0 Å². The summed E-state index contributed by atoms with van der Waals surface area (Å²) in [5.74, 6) is 0. The largest absolute Gasteiger partial charge is 0.327 e. The van der Waals surface area contributed by atoms with Gasteiger partial charge in [0.2, 0.25) is 0 Å². The Bertz CT molecular complexity index is 184. The van der Waals surface area contributed by atoms with Gasteiger partial charge in [0.25, 0.3) is 0 Å². The van der Waals surface area contributed by atoms with Crippen LogP contribution in [0.2, 0.25) is 13.1 Å². The fourth-order valence-electron chi connectivity index (χ4n) is 1.43. The molecule has 0 saturated heterocycles. The molecule has 0 spiro atoms. The van der Waals surface area contributed by atoms with Gasteiger partial charge in [0.1, 0.15) is 7.28 Å². The molecule has 1 rings (SSSR count). The maximum Gasteiger partial charge on any atom is 0.111 e. The Morgan fingerprint density at radius 1 is 1.50 bits per heavy atom. The van der Waals surface area contributed by atoms with Crippen LogP contribution in [0.3, 0.4) is 0 Å². The summed E-state index contributed by atoms with van der Waals surface area (Å²) in [5, 5.41) is 0. The molecule has 0 amide bonds. The molecule has 0 saturated carbocycles. The Morgan fingerprint density at radius 3 is 3.08 bits per heavy atom. The van der Waals surface area contributed by atoms with Crippen molar-refractivity contribution in [3.05, 3.63) is 23.8 Å². The lowest BCUT2D eigenvalue weighted by Gasteiger charge is -2.11. The maximum absolute atomic E-state index is 5.86. The van der Waals surface area contributed by atoms with Gasteiger partial charge in [-0.05, 0) is 19.3 Å². The molecular weight excluding hydrogens is 145 g/mol. The smallest absolute Gasteiger partial charge is 0.111 e. The van der Waals surface area contributed by atoms with Crippen LogP contribution in [0.5, 0.6) is 0 Å². The first kappa shape index (κ1) is 9.59. The zero-order chi connectivity index (χ0) is 8.81. The standard InChI is InChI=1S/C10H17BN/c1-11-8-9-4-2-3-5-10(12)7-6-9/h2-3,6,10H,4-5,7-8,12H2,1H3. The van der Waals surface area contributed by atoms with Crippen molar-refractivity contribution in [2.45, 2.75) is 38.4 Å². The summed E-state index contributed by atoms with van der Waals surface area (Å²) in [6, 6.07) is 0.327. The van der Waals surface area contributed by atoms with E-state index >= 15 is 0 Å². The Labute approximate surface area is 76.0 Å². The van der Waals surface area contributed by atoms with Crippen LogP contribution in [-0.4, -0.2) is 13.3 Å². The molecule has 1 aliphatic carbocycles. The number of hydrogen-bond acceptors (Lipinski definition) is 1. The van der Waals surface area contributed by atoms with E-state index in [-0.39, 0.29) is 0 Å². The lowest BCUT2D eigenvalue weighted by atomic mass is 9.73. The van der Waals surface area contributed by atoms with E-state index in [2.05, 4.69) is 32.3 Å². The molecule has 65 valence electrons. The molecule has 0 aliphatic heterocycles. The summed E-state index contributed by atoms with van der Waals surface area (Å²) in [5.41, 5.74) is 7.36. The van der Waals surface area contributed by atoms with Gasteiger partial charge in [-0.15, -0.1) is 0 Å². The molecule has 1 radical (unpaired) electrons. The number of nitrogens with two attached hydrogens (primary N) is 1. The Kier molecular flexibility index (Phi) is 4.16. The molecule has 1 nitrogen and oxygen atoms in total. The molecule has 2 heteroatoms. The molecule has 12 heavy (non-hydrogen) atoms. The third kappa shape index (κ3) is 3.27. The highest BCUT2D eigenvalue weighted by Crippen LogP contribution is 2.14. The monoisotopic (exact) mass is 162 g/mol. The predicted molar refractivity (Wildman–Crippen MR) is 55.5 cm³/mol. The third-order valence-electron chi connectivity index (χ3n) is 2.16. The highest BCUT2D eigenvalue weighted by molar-refractivity contribution is 6.34. The highest BCUT2D eigenvalue weighted by Gasteiger charge is 2.02. The summed E-state index contributed by atoms with van der Waals surface area (Å²) >= 11 is 0. The lowest BCUT2D eigenvalue weighted by molar-refractivity contribution is 0.685. The normalized spacial score (nSPS) is 24.2. The van der Waals surface area contributed by atoms with Gasteiger partial charge < -0.3 is 5.73 Å². The second-order valence-corrected chi connectivity index (χ2v) is 3.38. The molecule has 0 bridgehead atoms. The van der Waals surface area contributed by atoms with Crippen LogP contribution >= 0.6 is 0 Å². The number of rotatable bonds is 2. The van der Waals surface area contributed by atoms with E-state index in [4.69, 9.17) is 5.73 Å². The Balaban J connectivity index is 2.49. The van der Waals surface area contributed by atoms with E-state index in [0.29, 0.717) is 6.04 Å². The molecule has 0 aromatic rings. The quantitative estimate of drug-likeness (QED) is 0.488. The summed E-state index contributed by atoms with van der Waals surface area (Å²) in [6.07, 6.45) is 11.0. The van der Waals surface area contributed by atoms with E-state index in [1.165, 1.54) is 5.57 Å². The topological polar surface area (TPSA) is 26.0 Å². The minimum Gasteiger partial charge on any atom is -0.327 e. The van der Waals surface area contributed by atoms with Gasteiger partial charge in [-0.3, -0.25) is 0 Å². The van der Waals surface area contributed by atoms with E-state index in [0.717, 1.165) is 25.6 Å². The van der Waals surface area contributed by atoms with Crippen LogP contribution in [0.1, 0.15) is 19.3 Å². The summed E-state index contributed by atoms with van der Waals surface area (Å²) < 4.78 is 0. The van der Waals surface area contributed by atoms with E-state index in [9.17, 15) is 0 Å². The molecule has 2 N–H and O–H groups in total. The van der Waals surface area contributed by atoms with Crippen molar-refractivity contribution >= 4 is 7.28 Å². The van der Waals surface area contributed by atoms with Gasteiger partial charge in [0.15, 0.2) is 0 Å². The van der Waals surface area contributed by atoms with E-state index in [1.807, 2.05) is 0 Å². The van der Waals surface area contributed by atoms with Crippen molar-refractivity contribution in [1.29, 1.82) is 0 Å². The third-order valence-corrected chi connectivity index (χ3v) is 2.16. The van der Waals surface area contributed by atoms with Gasteiger partial charge in [0.05, 0.1) is 0 Å². The molecule has 0 fully saturated rings. The first-order valence-corrected chi connectivity index (χ1v) is 4.69. The van der Waals surface area contributed by atoms with Gasteiger partial charge in [0, 0.05) is 6.04 Å². The average molecular weight is 162 g/mol. The number of hydrogen-bond donors (Lipinski definition) is 1. The SMILES string of the molecule is C[B]CC1=CCC(N)CC=CC1. The van der Waals surface area contributed by atoms with Crippen LogP contribution in [0.25, 0.3) is 0 Å². The van der Waals surface area contributed by atoms with Crippen molar-refractivity contribution in [3.8, 4) is 0 Å². The minimum atomic E-state index is 0.327. The Hall–Kier alpha value is -0.495. The van der Waals surface area contributed by atoms with Crippen molar-refractivity contribution in [3.63, 3.8) is 0 Å². The van der Waals surface area contributed by atoms with Crippen molar-refractivity contribution < 1.29 is 0 Å². The fraction of sp³-hybridized carbons (Fsp3) is 0.600. The lowest BCUT2D eigenvalue weighted by Crippen LogP contribution is -2.18. The van der Waals surface area contributed by atoms with Crippen molar-refractivity contribution in [1.82, 2.24) is 0 Å². The maximum atomic E-state index is 5.86. The van der Waals surface area contributed by atoms with Gasteiger partial charge >= 0.3 is 0 Å². The molecular formula is C10H17BN. The van der Waals surface area contributed by atoms with E-state index < -0.39 is 0 Å². The first-order chi connectivity index (χ1) is 5.83. The average Bonchev–Trinajstić information content (AvgIpc) is 2.04. The van der Waals surface area contributed by atoms with Gasteiger partial charge in [-0.2, -0.15) is 0 Å². The molecule has 0 aromatic carbocycles. The van der Waals surface area contributed by atoms with Gasteiger partial charge in [-0.25, -0.2) is 0 Å². The second kappa shape index (κ2) is 5.20.